The van der Waals surface area contributed by atoms with Crippen LogP contribution in [-0.2, 0) is 6.42 Å². The molecule has 0 saturated heterocycles. The van der Waals surface area contributed by atoms with Crippen LogP contribution in [0.2, 0.25) is 5.02 Å². The van der Waals surface area contributed by atoms with Crippen molar-refractivity contribution in [2.45, 2.75) is 13.3 Å². The molecule has 0 aliphatic rings. The molecule has 26 heavy (non-hydrogen) atoms. The Bertz CT molecular complexity index is 1050. The van der Waals surface area contributed by atoms with Crippen molar-refractivity contribution in [2.24, 2.45) is 0 Å². The van der Waals surface area contributed by atoms with Gasteiger partial charge in [-0.25, -0.2) is 15.0 Å². The summed E-state index contributed by atoms with van der Waals surface area (Å²) in [6.07, 6.45) is 2.27. The smallest absolute Gasteiger partial charge is 0.226 e. The Balaban J connectivity index is 1.48. The number of oxazole rings is 1. The van der Waals surface area contributed by atoms with Gasteiger partial charge in [-0.3, -0.25) is 0 Å². The van der Waals surface area contributed by atoms with Gasteiger partial charge in [0.15, 0.2) is 0 Å². The fourth-order valence-electron chi connectivity index (χ4n) is 2.83. The molecule has 0 aliphatic carbocycles. The molecule has 0 unspecified atom stereocenters. The summed E-state index contributed by atoms with van der Waals surface area (Å²) in [6, 6.07) is 15.5. The van der Waals surface area contributed by atoms with E-state index in [4.69, 9.17) is 16.0 Å². The minimum atomic E-state index is 0.653. The van der Waals surface area contributed by atoms with Crippen molar-refractivity contribution in [1.29, 1.82) is 0 Å². The maximum Gasteiger partial charge on any atom is 0.226 e. The maximum absolute atomic E-state index is 6.03. The molecule has 6 heteroatoms. The van der Waals surface area contributed by atoms with Gasteiger partial charge in [0.2, 0.25) is 5.89 Å². The number of nitrogens with one attached hydrogen (secondary N) is 1. The maximum atomic E-state index is 6.03. The van der Waals surface area contributed by atoms with Gasteiger partial charge in [-0.2, -0.15) is 0 Å². The molecule has 4 rings (SSSR count). The topological polar surface area (TPSA) is 63.8 Å². The largest absolute Gasteiger partial charge is 0.441 e. The summed E-state index contributed by atoms with van der Waals surface area (Å²) in [5.74, 6) is 2.28. The molecular weight excluding hydrogens is 348 g/mol. The monoisotopic (exact) mass is 364 g/mol. The number of anilines is 1. The molecule has 0 fully saturated rings. The van der Waals surface area contributed by atoms with Crippen molar-refractivity contribution in [3.63, 3.8) is 0 Å². The summed E-state index contributed by atoms with van der Waals surface area (Å²) in [6.45, 7) is 2.63. The first-order valence-electron chi connectivity index (χ1n) is 8.36. The van der Waals surface area contributed by atoms with E-state index >= 15 is 0 Å². The number of aromatic nitrogens is 3. The molecule has 130 valence electrons. The van der Waals surface area contributed by atoms with E-state index in [2.05, 4.69) is 20.3 Å². The van der Waals surface area contributed by atoms with Crippen molar-refractivity contribution in [2.75, 3.05) is 11.9 Å². The zero-order valence-electron chi connectivity index (χ0n) is 14.2. The second-order valence-corrected chi connectivity index (χ2v) is 6.38. The SMILES string of the molecule is Cc1oc(-c2ccccc2)nc1CCNc1ncnc2cc(Cl)ccc12. The van der Waals surface area contributed by atoms with Gasteiger partial charge < -0.3 is 9.73 Å². The van der Waals surface area contributed by atoms with E-state index < -0.39 is 0 Å². The van der Waals surface area contributed by atoms with Crippen LogP contribution in [0.25, 0.3) is 22.4 Å². The zero-order valence-corrected chi connectivity index (χ0v) is 15.0. The number of hydrogen-bond donors (Lipinski definition) is 1. The van der Waals surface area contributed by atoms with Crippen LogP contribution in [0.1, 0.15) is 11.5 Å². The Morgan fingerprint density at radius 1 is 1.08 bits per heavy atom. The number of fused-ring (bicyclic) bond motifs is 1. The van der Waals surface area contributed by atoms with Crippen LogP contribution in [-0.4, -0.2) is 21.5 Å². The third kappa shape index (κ3) is 3.39. The van der Waals surface area contributed by atoms with Gasteiger partial charge in [0, 0.05) is 28.9 Å². The molecule has 5 nitrogen and oxygen atoms in total. The van der Waals surface area contributed by atoms with Crippen LogP contribution in [0.4, 0.5) is 5.82 Å². The number of rotatable bonds is 5. The summed E-state index contributed by atoms with van der Waals surface area (Å²) in [7, 11) is 0. The van der Waals surface area contributed by atoms with Crippen molar-refractivity contribution < 1.29 is 4.42 Å². The molecule has 4 aromatic rings. The Kier molecular flexibility index (Phi) is 4.54. The van der Waals surface area contributed by atoms with Crippen LogP contribution in [0.5, 0.6) is 0 Å². The Morgan fingerprint density at radius 2 is 1.92 bits per heavy atom. The number of aryl methyl sites for hydroxylation is 1. The molecule has 0 spiro atoms. The lowest BCUT2D eigenvalue weighted by atomic mass is 10.2. The van der Waals surface area contributed by atoms with Gasteiger partial charge in [0.25, 0.3) is 0 Å². The molecular formula is C20H17ClN4O. The molecule has 0 aliphatic heterocycles. The van der Waals surface area contributed by atoms with E-state index in [0.29, 0.717) is 17.5 Å². The first kappa shape index (κ1) is 16.5. The van der Waals surface area contributed by atoms with E-state index in [1.807, 2.05) is 55.5 Å². The number of hydrogen-bond acceptors (Lipinski definition) is 5. The Labute approximate surface area is 156 Å². The number of benzene rings is 2. The van der Waals surface area contributed by atoms with E-state index in [9.17, 15) is 0 Å². The Morgan fingerprint density at radius 3 is 2.77 bits per heavy atom. The second kappa shape index (κ2) is 7.14. The third-order valence-electron chi connectivity index (χ3n) is 4.17. The normalized spacial score (nSPS) is 11.0. The van der Waals surface area contributed by atoms with E-state index in [1.165, 1.54) is 6.33 Å². The van der Waals surface area contributed by atoms with Crippen LogP contribution < -0.4 is 5.32 Å². The molecule has 0 radical (unpaired) electrons. The van der Waals surface area contributed by atoms with Crippen molar-refractivity contribution >= 4 is 28.3 Å². The van der Waals surface area contributed by atoms with Gasteiger partial charge in [-0.05, 0) is 37.3 Å². The minimum absolute atomic E-state index is 0.653. The highest BCUT2D eigenvalue weighted by atomic mass is 35.5. The lowest BCUT2D eigenvalue weighted by Crippen LogP contribution is -2.08. The quantitative estimate of drug-likeness (QED) is 0.545. The number of nitrogens with zero attached hydrogens (tertiary/aromatic N) is 3. The van der Waals surface area contributed by atoms with Crippen molar-refractivity contribution in [3.05, 3.63) is 71.3 Å². The lowest BCUT2D eigenvalue weighted by Gasteiger charge is -2.07. The molecule has 0 atom stereocenters. The fourth-order valence-corrected chi connectivity index (χ4v) is 3.00. The molecule has 0 saturated carbocycles. The summed E-state index contributed by atoms with van der Waals surface area (Å²) in [5, 5.41) is 4.96. The highest BCUT2D eigenvalue weighted by Gasteiger charge is 2.11. The van der Waals surface area contributed by atoms with E-state index in [0.717, 1.165) is 40.2 Å². The highest BCUT2D eigenvalue weighted by Crippen LogP contribution is 2.24. The average Bonchev–Trinajstić information content (AvgIpc) is 3.03. The molecule has 0 bridgehead atoms. The average molecular weight is 365 g/mol. The van der Waals surface area contributed by atoms with Crippen LogP contribution in [0.15, 0.2) is 59.3 Å². The van der Waals surface area contributed by atoms with Crippen molar-refractivity contribution in [3.8, 4) is 11.5 Å². The minimum Gasteiger partial charge on any atom is -0.441 e. The van der Waals surface area contributed by atoms with Gasteiger partial charge in [0.05, 0.1) is 11.2 Å². The summed E-state index contributed by atoms with van der Waals surface area (Å²) in [5.41, 5.74) is 2.74. The van der Waals surface area contributed by atoms with E-state index in [-0.39, 0.29) is 0 Å². The van der Waals surface area contributed by atoms with E-state index in [1.54, 1.807) is 0 Å². The molecule has 2 aromatic heterocycles. The fraction of sp³-hybridized carbons (Fsp3) is 0.150. The lowest BCUT2D eigenvalue weighted by molar-refractivity contribution is 0.539. The first-order chi connectivity index (χ1) is 12.7. The highest BCUT2D eigenvalue weighted by molar-refractivity contribution is 6.31. The summed E-state index contributed by atoms with van der Waals surface area (Å²) in [4.78, 5) is 13.2. The zero-order chi connectivity index (χ0) is 17.9. The Hall–Kier alpha value is -2.92. The van der Waals surface area contributed by atoms with Gasteiger partial charge in [0.1, 0.15) is 17.9 Å². The van der Waals surface area contributed by atoms with Crippen LogP contribution >= 0.6 is 11.6 Å². The summed E-state index contributed by atoms with van der Waals surface area (Å²) < 4.78 is 5.81. The molecule has 0 amide bonds. The van der Waals surface area contributed by atoms with Gasteiger partial charge in [-0.15, -0.1) is 0 Å². The standard InChI is InChI=1S/C20H17ClN4O/c1-13-17(25-20(26-13)14-5-3-2-4-6-14)9-10-22-19-16-8-7-15(21)11-18(16)23-12-24-19/h2-8,11-12H,9-10H2,1H3,(H,22,23,24). The number of halogens is 1. The third-order valence-corrected chi connectivity index (χ3v) is 4.40. The van der Waals surface area contributed by atoms with Gasteiger partial charge in [-0.1, -0.05) is 29.8 Å². The molecule has 2 aromatic carbocycles. The second-order valence-electron chi connectivity index (χ2n) is 5.95. The summed E-state index contributed by atoms with van der Waals surface area (Å²) >= 11 is 6.03. The van der Waals surface area contributed by atoms with Crippen LogP contribution in [0.3, 0.4) is 0 Å². The molecule has 2 heterocycles. The first-order valence-corrected chi connectivity index (χ1v) is 8.74. The van der Waals surface area contributed by atoms with Crippen molar-refractivity contribution in [1.82, 2.24) is 15.0 Å². The predicted octanol–water partition coefficient (Wildman–Crippen LogP) is 4.90. The predicted molar refractivity (Wildman–Crippen MR) is 103 cm³/mol. The molecule has 1 N–H and O–H groups in total. The van der Waals surface area contributed by atoms with Gasteiger partial charge >= 0.3 is 0 Å². The van der Waals surface area contributed by atoms with Crippen LogP contribution in [0, 0.1) is 6.92 Å².